The second kappa shape index (κ2) is 8.47. The van der Waals surface area contributed by atoms with Crippen molar-refractivity contribution in [2.75, 3.05) is 43.5 Å². The minimum Gasteiger partial charge on any atom is -0.465 e. The number of aryl methyl sites for hydroxylation is 1. The number of amides is 2. The lowest BCUT2D eigenvalue weighted by Gasteiger charge is -2.33. The highest BCUT2D eigenvalue weighted by Gasteiger charge is 2.20. The molecule has 1 saturated heterocycles. The first-order chi connectivity index (χ1) is 13.5. The Labute approximate surface area is 162 Å². The van der Waals surface area contributed by atoms with Crippen molar-refractivity contribution in [3.63, 3.8) is 0 Å². The van der Waals surface area contributed by atoms with E-state index in [1.807, 2.05) is 4.90 Å². The summed E-state index contributed by atoms with van der Waals surface area (Å²) in [6, 6.07) is 8.21. The van der Waals surface area contributed by atoms with Crippen LogP contribution < -0.4 is 10.2 Å². The molecule has 146 valence electrons. The van der Waals surface area contributed by atoms with E-state index in [-0.39, 0.29) is 11.3 Å². The van der Waals surface area contributed by atoms with Crippen LogP contribution in [0, 0.1) is 6.92 Å². The van der Waals surface area contributed by atoms with Gasteiger partial charge in [0.2, 0.25) is 6.41 Å². The normalized spacial score (nSPS) is 13.8. The average Bonchev–Trinajstić information content (AvgIpc) is 2.73. The Bertz CT molecular complexity index is 894. The van der Waals surface area contributed by atoms with Crippen LogP contribution in [0.2, 0.25) is 0 Å². The number of nitrogens with one attached hydrogen (secondary N) is 1. The summed E-state index contributed by atoms with van der Waals surface area (Å²) in [6.07, 6.45) is 0.834. The van der Waals surface area contributed by atoms with Crippen LogP contribution in [0.1, 0.15) is 26.7 Å². The smallest absolute Gasteiger partial charge is 0.339 e. The molecule has 0 bridgehead atoms. The summed E-state index contributed by atoms with van der Waals surface area (Å²) < 4.78 is 4.75. The number of ether oxygens (including phenoxy) is 1. The van der Waals surface area contributed by atoms with E-state index in [0.29, 0.717) is 43.5 Å². The maximum Gasteiger partial charge on any atom is 0.339 e. The molecule has 1 aliphatic rings. The number of piperazine rings is 1. The Morgan fingerprint density at radius 1 is 1.14 bits per heavy atom. The first kappa shape index (κ1) is 19.3. The van der Waals surface area contributed by atoms with Crippen LogP contribution in [0.3, 0.4) is 0 Å². The van der Waals surface area contributed by atoms with Crippen molar-refractivity contribution in [1.29, 1.82) is 0 Å². The van der Waals surface area contributed by atoms with Crippen molar-refractivity contribution in [3.8, 4) is 0 Å². The van der Waals surface area contributed by atoms with Crippen LogP contribution in [-0.2, 0) is 9.53 Å². The Hall–Kier alpha value is -3.49. The van der Waals surface area contributed by atoms with Gasteiger partial charge in [-0.2, -0.15) is 0 Å². The maximum absolute atomic E-state index is 12.7. The molecule has 0 aliphatic carbocycles. The molecule has 9 nitrogen and oxygen atoms in total. The van der Waals surface area contributed by atoms with Gasteiger partial charge in [-0.3, -0.25) is 9.59 Å². The summed E-state index contributed by atoms with van der Waals surface area (Å²) in [7, 11) is 1.28. The van der Waals surface area contributed by atoms with E-state index >= 15 is 0 Å². The number of para-hydroxylation sites is 1. The molecule has 0 unspecified atom stereocenters. The van der Waals surface area contributed by atoms with E-state index in [4.69, 9.17) is 4.74 Å². The van der Waals surface area contributed by atoms with E-state index < -0.39 is 11.9 Å². The first-order valence-electron chi connectivity index (χ1n) is 8.80. The average molecular weight is 383 g/mol. The number of nitrogens with zero attached hydrogens (tertiary/aromatic N) is 4. The molecule has 9 heteroatoms. The number of rotatable bonds is 5. The summed E-state index contributed by atoms with van der Waals surface area (Å²) in [4.78, 5) is 47.8. The number of esters is 1. The molecule has 2 heterocycles. The summed E-state index contributed by atoms with van der Waals surface area (Å²) in [5, 5.41) is 2.71. The fraction of sp³-hybridized carbons (Fsp3) is 0.316. The molecule has 2 aromatic rings. The molecule has 28 heavy (non-hydrogen) atoms. The summed E-state index contributed by atoms with van der Waals surface area (Å²) >= 11 is 0. The van der Waals surface area contributed by atoms with Crippen LogP contribution in [0.5, 0.6) is 0 Å². The highest BCUT2D eigenvalue weighted by atomic mass is 16.5. The minimum atomic E-state index is -0.538. The second-order valence-electron chi connectivity index (χ2n) is 6.28. The van der Waals surface area contributed by atoms with Crippen molar-refractivity contribution in [2.24, 2.45) is 0 Å². The molecule has 1 fully saturated rings. The third-order valence-corrected chi connectivity index (χ3v) is 4.42. The van der Waals surface area contributed by atoms with Gasteiger partial charge in [0.25, 0.3) is 5.91 Å². The second-order valence-corrected chi connectivity index (χ2v) is 6.28. The number of carbonyl (C=O) groups excluding carboxylic acids is 3. The van der Waals surface area contributed by atoms with E-state index in [0.717, 1.165) is 6.41 Å². The van der Waals surface area contributed by atoms with Gasteiger partial charge in [-0.25, -0.2) is 14.8 Å². The van der Waals surface area contributed by atoms with E-state index in [1.165, 1.54) is 7.11 Å². The van der Waals surface area contributed by atoms with Crippen molar-refractivity contribution in [3.05, 3.63) is 47.4 Å². The van der Waals surface area contributed by atoms with Crippen LogP contribution in [0.15, 0.2) is 30.3 Å². The number of methoxy groups -OCH3 is 1. The lowest BCUT2D eigenvalue weighted by Crippen LogP contribution is -2.46. The van der Waals surface area contributed by atoms with E-state index in [1.54, 1.807) is 42.2 Å². The Balaban J connectivity index is 1.81. The van der Waals surface area contributed by atoms with Crippen molar-refractivity contribution < 1.29 is 19.1 Å². The van der Waals surface area contributed by atoms with Crippen molar-refractivity contribution in [2.45, 2.75) is 6.92 Å². The topological polar surface area (TPSA) is 105 Å². The zero-order valence-corrected chi connectivity index (χ0v) is 15.7. The van der Waals surface area contributed by atoms with Crippen molar-refractivity contribution >= 4 is 29.8 Å². The number of hydrogen-bond donors (Lipinski definition) is 1. The van der Waals surface area contributed by atoms with Crippen LogP contribution in [0.4, 0.5) is 11.5 Å². The monoisotopic (exact) mass is 383 g/mol. The largest absolute Gasteiger partial charge is 0.465 e. The SMILES string of the molecule is COC(=O)c1ccccc1NC(=O)c1cc(N2CCN(C=O)CC2)nc(C)n1. The summed E-state index contributed by atoms with van der Waals surface area (Å²) in [5.41, 5.74) is 0.797. The Morgan fingerprint density at radius 3 is 2.54 bits per heavy atom. The number of aromatic nitrogens is 2. The quantitative estimate of drug-likeness (QED) is 0.609. The van der Waals surface area contributed by atoms with Gasteiger partial charge in [0, 0.05) is 32.2 Å². The summed E-state index contributed by atoms with van der Waals surface area (Å²) in [6.45, 7) is 4.16. The zero-order valence-electron chi connectivity index (χ0n) is 15.7. The van der Waals surface area contributed by atoms with Gasteiger partial charge in [0.05, 0.1) is 18.4 Å². The fourth-order valence-electron chi connectivity index (χ4n) is 2.95. The van der Waals surface area contributed by atoms with Gasteiger partial charge in [-0.1, -0.05) is 12.1 Å². The standard InChI is InChI=1S/C19H21N5O4/c1-13-20-16(11-17(21-13)24-9-7-23(12-25)8-10-24)18(26)22-15-6-4-3-5-14(15)19(27)28-2/h3-6,11-12H,7-10H2,1-2H3,(H,22,26). The number of hydrogen-bond acceptors (Lipinski definition) is 7. The van der Waals surface area contributed by atoms with Gasteiger partial charge in [0.1, 0.15) is 17.3 Å². The lowest BCUT2D eigenvalue weighted by molar-refractivity contribution is -0.118. The van der Waals surface area contributed by atoms with Gasteiger partial charge < -0.3 is 19.9 Å². The molecule has 0 atom stereocenters. The lowest BCUT2D eigenvalue weighted by atomic mass is 10.1. The molecule has 3 rings (SSSR count). The highest BCUT2D eigenvalue weighted by Crippen LogP contribution is 2.19. The van der Waals surface area contributed by atoms with Crippen LogP contribution in [-0.4, -0.2) is 66.4 Å². The maximum atomic E-state index is 12.7. The van der Waals surface area contributed by atoms with E-state index in [2.05, 4.69) is 15.3 Å². The third-order valence-electron chi connectivity index (χ3n) is 4.42. The highest BCUT2D eigenvalue weighted by molar-refractivity contribution is 6.07. The molecule has 1 aliphatic heterocycles. The first-order valence-corrected chi connectivity index (χ1v) is 8.80. The minimum absolute atomic E-state index is 0.194. The van der Waals surface area contributed by atoms with Gasteiger partial charge >= 0.3 is 5.97 Å². The number of carbonyl (C=O) groups is 3. The molecule has 2 amide bonds. The molecule has 0 spiro atoms. The summed E-state index contributed by atoms with van der Waals surface area (Å²) in [5.74, 6) is 0.101. The third kappa shape index (κ3) is 4.25. The van der Waals surface area contributed by atoms with Crippen molar-refractivity contribution in [1.82, 2.24) is 14.9 Å². The molecule has 1 aromatic carbocycles. The Morgan fingerprint density at radius 2 is 1.86 bits per heavy atom. The molecule has 1 aromatic heterocycles. The number of anilines is 2. The van der Waals surface area contributed by atoms with Crippen LogP contribution in [0.25, 0.3) is 0 Å². The van der Waals surface area contributed by atoms with Gasteiger partial charge in [0.15, 0.2) is 0 Å². The fourth-order valence-corrected chi connectivity index (χ4v) is 2.95. The predicted octanol–water partition coefficient (Wildman–Crippen LogP) is 1.10. The van der Waals surface area contributed by atoms with E-state index in [9.17, 15) is 14.4 Å². The van der Waals surface area contributed by atoms with Crippen LogP contribution >= 0.6 is 0 Å². The molecule has 1 N–H and O–H groups in total. The molecular formula is C19H21N5O4. The molecule has 0 saturated carbocycles. The van der Waals surface area contributed by atoms with Gasteiger partial charge in [-0.15, -0.1) is 0 Å². The molecular weight excluding hydrogens is 362 g/mol. The Kier molecular flexibility index (Phi) is 5.83. The zero-order chi connectivity index (χ0) is 20.1. The van der Waals surface area contributed by atoms with Gasteiger partial charge in [-0.05, 0) is 19.1 Å². The predicted molar refractivity (Wildman–Crippen MR) is 102 cm³/mol. The number of benzene rings is 1. The molecule has 0 radical (unpaired) electrons.